The van der Waals surface area contributed by atoms with Crippen molar-refractivity contribution in [2.45, 2.75) is 49.2 Å². The predicted molar refractivity (Wildman–Crippen MR) is 113 cm³/mol. The molecule has 1 unspecified atom stereocenters. The number of benzene rings is 1. The first-order chi connectivity index (χ1) is 15.0. The fraction of sp³-hybridized carbons (Fsp3) is 0.476. The standard InChI is InChI=1S/C21H22F3N5O2S/c1-13-9-18(29(27-13)15-5-3-14(4-6-15)21(22,23)24)28-11-16(32(2)31)10-17(28)19(30)26-20(12-25)7-8-20/h3-6,9,16-17H,7-8,10-11H2,1-2H3,(H,26,30)/t16-,17+,32?/m1/s1. The number of rotatable bonds is 5. The Morgan fingerprint density at radius 2 is 1.97 bits per heavy atom. The van der Waals surface area contributed by atoms with Crippen LogP contribution in [0.5, 0.6) is 0 Å². The van der Waals surface area contributed by atoms with Crippen LogP contribution in [0.1, 0.15) is 30.5 Å². The Labute approximate surface area is 185 Å². The quantitative estimate of drug-likeness (QED) is 0.733. The maximum atomic E-state index is 13.1. The molecule has 4 rings (SSSR count). The van der Waals surface area contributed by atoms with Crippen molar-refractivity contribution in [2.24, 2.45) is 0 Å². The summed E-state index contributed by atoms with van der Waals surface area (Å²) in [6, 6.07) is 7.84. The van der Waals surface area contributed by atoms with Crippen LogP contribution < -0.4 is 10.2 Å². The summed E-state index contributed by atoms with van der Waals surface area (Å²) in [6.45, 7) is 2.08. The molecule has 1 N–H and O–H groups in total. The van der Waals surface area contributed by atoms with Crippen molar-refractivity contribution in [2.75, 3.05) is 17.7 Å². The Morgan fingerprint density at radius 1 is 1.31 bits per heavy atom. The van der Waals surface area contributed by atoms with Gasteiger partial charge in [0, 0.05) is 29.7 Å². The third-order valence-corrected chi connectivity index (χ3v) is 7.19. The summed E-state index contributed by atoms with van der Waals surface area (Å²) < 4.78 is 52.6. The number of nitriles is 1. The van der Waals surface area contributed by atoms with Crippen molar-refractivity contribution in [3.8, 4) is 11.8 Å². The molecule has 170 valence electrons. The summed E-state index contributed by atoms with van der Waals surface area (Å²) in [5.74, 6) is 0.201. The molecule has 3 atom stereocenters. The van der Waals surface area contributed by atoms with Crippen LogP contribution in [0.3, 0.4) is 0 Å². The molecule has 2 aliphatic rings. The zero-order chi connectivity index (χ0) is 23.3. The topological polar surface area (TPSA) is 91.0 Å². The van der Waals surface area contributed by atoms with Gasteiger partial charge in [0.15, 0.2) is 0 Å². The second kappa shape index (κ2) is 7.92. The Bertz CT molecular complexity index is 1100. The van der Waals surface area contributed by atoms with Gasteiger partial charge in [-0.05, 0) is 50.5 Å². The van der Waals surface area contributed by atoms with E-state index in [0.717, 1.165) is 12.1 Å². The molecule has 1 aromatic heterocycles. The highest BCUT2D eigenvalue weighted by atomic mass is 32.2. The number of hydrogen-bond acceptors (Lipinski definition) is 5. The molecule has 1 saturated heterocycles. The smallest absolute Gasteiger partial charge is 0.343 e. The van der Waals surface area contributed by atoms with Crippen LogP contribution >= 0.6 is 0 Å². The lowest BCUT2D eigenvalue weighted by atomic mass is 10.1. The van der Waals surface area contributed by atoms with Gasteiger partial charge in [-0.2, -0.15) is 23.5 Å². The molecule has 1 saturated carbocycles. The molecule has 11 heteroatoms. The summed E-state index contributed by atoms with van der Waals surface area (Å²) in [5.41, 5.74) is -0.568. The monoisotopic (exact) mass is 465 g/mol. The molecule has 7 nitrogen and oxygen atoms in total. The Hall–Kier alpha value is -2.87. The van der Waals surface area contributed by atoms with E-state index in [9.17, 15) is 27.4 Å². The Morgan fingerprint density at radius 3 is 2.50 bits per heavy atom. The third kappa shape index (κ3) is 4.24. The van der Waals surface area contributed by atoms with E-state index in [1.54, 1.807) is 24.1 Å². The SMILES string of the molecule is Cc1cc(N2C[C@H](S(C)=O)C[C@H]2C(=O)NC2(C#N)CC2)n(-c2ccc(C(F)(F)F)cc2)n1. The van der Waals surface area contributed by atoms with Crippen LogP contribution in [0.2, 0.25) is 0 Å². The van der Waals surface area contributed by atoms with Crippen molar-refractivity contribution >= 4 is 22.5 Å². The first-order valence-electron chi connectivity index (χ1n) is 10.1. The number of amides is 1. The molecule has 32 heavy (non-hydrogen) atoms. The molecular formula is C21H22F3N5O2S. The lowest BCUT2D eigenvalue weighted by molar-refractivity contribution is -0.137. The number of anilines is 1. The first kappa shape index (κ1) is 22.3. The molecular weight excluding hydrogens is 443 g/mol. The second-order valence-corrected chi connectivity index (χ2v) is 9.97. The second-order valence-electron chi connectivity index (χ2n) is 8.31. The van der Waals surface area contributed by atoms with Crippen LogP contribution in [0.15, 0.2) is 30.3 Å². The lowest BCUT2D eigenvalue weighted by Gasteiger charge is -2.27. The molecule has 0 radical (unpaired) electrons. The largest absolute Gasteiger partial charge is 0.416 e. The van der Waals surface area contributed by atoms with Gasteiger partial charge >= 0.3 is 6.18 Å². The predicted octanol–water partition coefficient (Wildman–Crippen LogP) is 2.70. The van der Waals surface area contributed by atoms with Gasteiger partial charge in [-0.25, -0.2) is 4.68 Å². The van der Waals surface area contributed by atoms with Crippen molar-refractivity contribution in [1.82, 2.24) is 15.1 Å². The molecule has 1 aromatic carbocycles. The summed E-state index contributed by atoms with van der Waals surface area (Å²) in [6.07, 6.45) is -1.34. The fourth-order valence-electron chi connectivity index (χ4n) is 3.92. The zero-order valence-electron chi connectivity index (χ0n) is 17.5. The van der Waals surface area contributed by atoms with Gasteiger partial charge in [0.2, 0.25) is 5.91 Å². The summed E-state index contributed by atoms with van der Waals surface area (Å²) in [5, 5.41) is 16.3. The summed E-state index contributed by atoms with van der Waals surface area (Å²) in [4.78, 5) is 14.8. The van der Waals surface area contributed by atoms with Crippen LogP contribution in [0, 0.1) is 18.3 Å². The van der Waals surface area contributed by atoms with Gasteiger partial charge in [-0.3, -0.25) is 9.00 Å². The first-order valence-corrected chi connectivity index (χ1v) is 11.7. The minimum atomic E-state index is -4.45. The van der Waals surface area contributed by atoms with E-state index in [1.165, 1.54) is 16.8 Å². The number of aromatic nitrogens is 2. The molecule has 0 spiro atoms. The zero-order valence-corrected chi connectivity index (χ0v) is 18.3. The number of alkyl halides is 3. The van der Waals surface area contributed by atoms with E-state index in [-0.39, 0.29) is 11.2 Å². The molecule has 0 bridgehead atoms. The van der Waals surface area contributed by atoms with Crippen molar-refractivity contribution in [1.29, 1.82) is 5.26 Å². The van der Waals surface area contributed by atoms with E-state index >= 15 is 0 Å². The van der Waals surface area contributed by atoms with E-state index in [1.807, 2.05) is 0 Å². The number of carbonyl (C=O) groups excluding carboxylic acids is 1. The van der Waals surface area contributed by atoms with Gasteiger partial charge < -0.3 is 10.2 Å². The highest BCUT2D eigenvalue weighted by Crippen LogP contribution is 2.36. The number of nitrogens with one attached hydrogen (secondary N) is 1. The minimum absolute atomic E-state index is 0.265. The molecule has 2 aromatic rings. The fourth-order valence-corrected chi connectivity index (χ4v) is 4.74. The maximum absolute atomic E-state index is 13.1. The molecule has 1 aliphatic heterocycles. The van der Waals surface area contributed by atoms with E-state index in [4.69, 9.17) is 0 Å². The summed E-state index contributed by atoms with van der Waals surface area (Å²) in [7, 11) is -1.18. The van der Waals surface area contributed by atoms with Gasteiger partial charge in [0.1, 0.15) is 17.4 Å². The normalized spacial score (nSPS) is 22.9. The number of aryl methyl sites for hydroxylation is 1. The van der Waals surface area contributed by atoms with Crippen LogP contribution in [-0.4, -0.2) is 49.5 Å². The van der Waals surface area contributed by atoms with Gasteiger partial charge in [0.05, 0.1) is 28.3 Å². The molecule has 1 aliphatic carbocycles. The van der Waals surface area contributed by atoms with Crippen molar-refractivity contribution in [3.63, 3.8) is 0 Å². The molecule has 2 heterocycles. The van der Waals surface area contributed by atoms with Crippen molar-refractivity contribution < 1.29 is 22.2 Å². The number of carbonyl (C=O) groups is 1. The molecule has 2 fully saturated rings. The minimum Gasteiger partial charge on any atom is -0.343 e. The Kier molecular flexibility index (Phi) is 5.53. The average Bonchev–Trinajstić information content (AvgIpc) is 3.18. The number of halogens is 3. The average molecular weight is 466 g/mol. The Balaban J connectivity index is 1.68. The van der Waals surface area contributed by atoms with Gasteiger partial charge in [-0.1, -0.05) is 0 Å². The van der Waals surface area contributed by atoms with Crippen LogP contribution in [0.25, 0.3) is 5.69 Å². The maximum Gasteiger partial charge on any atom is 0.416 e. The van der Waals surface area contributed by atoms with Crippen LogP contribution in [0.4, 0.5) is 19.0 Å². The summed E-state index contributed by atoms with van der Waals surface area (Å²) >= 11 is 0. The van der Waals surface area contributed by atoms with E-state index < -0.39 is 34.1 Å². The van der Waals surface area contributed by atoms with Crippen molar-refractivity contribution in [3.05, 3.63) is 41.6 Å². The van der Waals surface area contributed by atoms with E-state index in [2.05, 4.69) is 16.5 Å². The van der Waals surface area contributed by atoms with E-state index in [0.29, 0.717) is 43.0 Å². The number of hydrogen-bond donors (Lipinski definition) is 1. The third-order valence-electron chi connectivity index (χ3n) is 5.91. The lowest BCUT2D eigenvalue weighted by Crippen LogP contribution is -2.48. The number of nitrogens with zero attached hydrogens (tertiary/aromatic N) is 4. The van der Waals surface area contributed by atoms with Gasteiger partial charge in [-0.15, -0.1) is 0 Å². The van der Waals surface area contributed by atoms with Gasteiger partial charge in [0.25, 0.3) is 0 Å². The molecule has 1 amide bonds. The van der Waals surface area contributed by atoms with Crippen LogP contribution in [-0.2, 0) is 21.8 Å². The highest BCUT2D eigenvalue weighted by Gasteiger charge is 2.48. The highest BCUT2D eigenvalue weighted by molar-refractivity contribution is 7.84.